The molecule has 0 spiro atoms. The second-order valence-corrected chi connectivity index (χ2v) is 4.97. The highest BCUT2D eigenvalue weighted by Crippen LogP contribution is 2.22. The van der Waals surface area contributed by atoms with E-state index in [1.807, 2.05) is 12.1 Å². The SMILES string of the molecule is NNC(CC1=CCCCC1)Cc1ccccc1F. The number of halogens is 1. The molecule has 0 bridgehead atoms. The van der Waals surface area contributed by atoms with Crippen molar-refractivity contribution in [3.05, 3.63) is 47.3 Å². The predicted octanol–water partition coefficient (Wildman–Crippen LogP) is 3.09. The third-order valence-corrected chi connectivity index (χ3v) is 3.55. The Labute approximate surface area is 108 Å². The quantitative estimate of drug-likeness (QED) is 0.477. The fourth-order valence-electron chi connectivity index (χ4n) is 2.53. The van der Waals surface area contributed by atoms with Crippen LogP contribution >= 0.6 is 0 Å². The first-order valence-electron chi connectivity index (χ1n) is 6.67. The van der Waals surface area contributed by atoms with Crippen molar-refractivity contribution < 1.29 is 4.39 Å². The molecular weight excluding hydrogens is 227 g/mol. The molecule has 3 heteroatoms. The van der Waals surface area contributed by atoms with Crippen LogP contribution in [0.3, 0.4) is 0 Å². The molecule has 0 aliphatic heterocycles. The summed E-state index contributed by atoms with van der Waals surface area (Å²) in [6.07, 6.45) is 8.77. The molecule has 0 fully saturated rings. The van der Waals surface area contributed by atoms with Gasteiger partial charge in [-0.3, -0.25) is 11.3 Å². The first-order valence-corrected chi connectivity index (χ1v) is 6.67. The minimum atomic E-state index is -0.143. The standard InChI is InChI=1S/C15H21FN2/c16-15-9-5-4-8-13(15)11-14(18-17)10-12-6-2-1-3-7-12/h4-6,8-9,14,18H,1-3,7,10-11,17H2. The molecule has 1 unspecified atom stereocenters. The molecule has 0 heterocycles. The third kappa shape index (κ3) is 3.65. The second kappa shape index (κ2) is 6.66. The van der Waals surface area contributed by atoms with E-state index in [1.54, 1.807) is 6.07 Å². The zero-order valence-corrected chi connectivity index (χ0v) is 10.7. The van der Waals surface area contributed by atoms with E-state index in [9.17, 15) is 4.39 Å². The molecule has 2 nitrogen and oxygen atoms in total. The van der Waals surface area contributed by atoms with Gasteiger partial charge in [-0.25, -0.2) is 4.39 Å². The Morgan fingerprint density at radius 1 is 1.22 bits per heavy atom. The molecule has 98 valence electrons. The van der Waals surface area contributed by atoms with Crippen LogP contribution in [0.5, 0.6) is 0 Å². The van der Waals surface area contributed by atoms with Crippen molar-refractivity contribution in [1.82, 2.24) is 5.43 Å². The Morgan fingerprint density at radius 3 is 2.72 bits per heavy atom. The zero-order chi connectivity index (χ0) is 12.8. The summed E-state index contributed by atoms with van der Waals surface area (Å²) in [5.74, 6) is 5.45. The maximum atomic E-state index is 13.6. The molecule has 1 aromatic carbocycles. The van der Waals surface area contributed by atoms with Gasteiger partial charge < -0.3 is 0 Å². The van der Waals surface area contributed by atoms with Gasteiger partial charge in [0.1, 0.15) is 5.82 Å². The monoisotopic (exact) mass is 248 g/mol. The van der Waals surface area contributed by atoms with Gasteiger partial charge in [0.15, 0.2) is 0 Å². The molecule has 0 saturated heterocycles. The number of hydrogen-bond donors (Lipinski definition) is 2. The Kier molecular flexibility index (Phi) is 4.90. The van der Waals surface area contributed by atoms with E-state index >= 15 is 0 Å². The smallest absolute Gasteiger partial charge is 0.126 e. The summed E-state index contributed by atoms with van der Waals surface area (Å²) in [5, 5.41) is 0. The van der Waals surface area contributed by atoms with E-state index < -0.39 is 0 Å². The van der Waals surface area contributed by atoms with Gasteiger partial charge in [-0.1, -0.05) is 29.8 Å². The molecule has 0 radical (unpaired) electrons. The van der Waals surface area contributed by atoms with E-state index in [4.69, 9.17) is 5.84 Å². The molecule has 0 aromatic heterocycles. The maximum Gasteiger partial charge on any atom is 0.126 e. The lowest BCUT2D eigenvalue weighted by molar-refractivity contribution is 0.492. The van der Waals surface area contributed by atoms with Gasteiger partial charge in [-0.05, 0) is 50.2 Å². The van der Waals surface area contributed by atoms with Crippen molar-refractivity contribution >= 4 is 0 Å². The maximum absolute atomic E-state index is 13.6. The normalized spacial score (nSPS) is 17.3. The van der Waals surface area contributed by atoms with Gasteiger partial charge in [-0.2, -0.15) is 0 Å². The highest BCUT2D eigenvalue weighted by Gasteiger charge is 2.14. The van der Waals surface area contributed by atoms with Gasteiger partial charge >= 0.3 is 0 Å². The molecule has 0 saturated carbocycles. The average molecular weight is 248 g/mol. The van der Waals surface area contributed by atoms with Gasteiger partial charge in [0, 0.05) is 6.04 Å². The van der Waals surface area contributed by atoms with Crippen molar-refractivity contribution in [2.75, 3.05) is 0 Å². The summed E-state index contributed by atoms with van der Waals surface area (Å²) >= 11 is 0. The van der Waals surface area contributed by atoms with Crippen molar-refractivity contribution in [1.29, 1.82) is 0 Å². The Morgan fingerprint density at radius 2 is 2.06 bits per heavy atom. The van der Waals surface area contributed by atoms with Crippen LogP contribution in [-0.4, -0.2) is 6.04 Å². The molecule has 1 aliphatic carbocycles. The number of hydrazine groups is 1. The molecule has 18 heavy (non-hydrogen) atoms. The van der Waals surface area contributed by atoms with Gasteiger partial charge in [0.05, 0.1) is 0 Å². The number of rotatable bonds is 5. The van der Waals surface area contributed by atoms with Crippen LogP contribution in [0.2, 0.25) is 0 Å². The summed E-state index contributed by atoms with van der Waals surface area (Å²) in [6.45, 7) is 0. The molecule has 0 amide bonds. The first kappa shape index (κ1) is 13.2. The predicted molar refractivity (Wildman–Crippen MR) is 72.4 cm³/mol. The van der Waals surface area contributed by atoms with Crippen molar-refractivity contribution in [3.8, 4) is 0 Å². The van der Waals surface area contributed by atoms with E-state index in [2.05, 4.69) is 11.5 Å². The van der Waals surface area contributed by atoms with Crippen molar-refractivity contribution in [3.63, 3.8) is 0 Å². The summed E-state index contributed by atoms with van der Waals surface area (Å²) in [6, 6.07) is 7.03. The molecule has 1 aliphatic rings. The molecule has 2 rings (SSSR count). The third-order valence-electron chi connectivity index (χ3n) is 3.55. The topological polar surface area (TPSA) is 38.0 Å². The number of hydrogen-bond acceptors (Lipinski definition) is 2. The summed E-state index contributed by atoms with van der Waals surface area (Å²) in [5.41, 5.74) is 5.01. The fourth-order valence-corrected chi connectivity index (χ4v) is 2.53. The lowest BCUT2D eigenvalue weighted by atomic mass is 9.92. The summed E-state index contributed by atoms with van der Waals surface area (Å²) in [7, 11) is 0. The van der Waals surface area contributed by atoms with Crippen LogP contribution in [0, 0.1) is 5.82 Å². The van der Waals surface area contributed by atoms with E-state index in [-0.39, 0.29) is 11.9 Å². The minimum Gasteiger partial charge on any atom is -0.271 e. The van der Waals surface area contributed by atoms with E-state index in [0.29, 0.717) is 6.42 Å². The Hall–Kier alpha value is -1.19. The first-order chi connectivity index (χ1) is 8.79. The van der Waals surface area contributed by atoms with E-state index in [1.165, 1.54) is 30.9 Å². The van der Waals surface area contributed by atoms with Gasteiger partial charge in [0.2, 0.25) is 0 Å². The number of benzene rings is 1. The van der Waals surface area contributed by atoms with Gasteiger partial charge in [0.25, 0.3) is 0 Å². The van der Waals surface area contributed by atoms with Crippen LogP contribution < -0.4 is 11.3 Å². The number of allylic oxidation sites excluding steroid dienone is 1. The Balaban J connectivity index is 1.97. The van der Waals surface area contributed by atoms with Crippen LogP contribution in [0.4, 0.5) is 4.39 Å². The fraction of sp³-hybridized carbons (Fsp3) is 0.467. The summed E-state index contributed by atoms with van der Waals surface area (Å²) < 4.78 is 13.6. The van der Waals surface area contributed by atoms with Crippen LogP contribution in [-0.2, 0) is 6.42 Å². The zero-order valence-electron chi connectivity index (χ0n) is 10.7. The molecule has 3 N–H and O–H groups in total. The number of nitrogens with two attached hydrogens (primary N) is 1. The van der Waals surface area contributed by atoms with E-state index in [0.717, 1.165) is 18.4 Å². The largest absolute Gasteiger partial charge is 0.271 e. The van der Waals surface area contributed by atoms with Crippen molar-refractivity contribution in [2.24, 2.45) is 5.84 Å². The molecule has 1 aromatic rings. The molecule has 1 atom stereocenters. The summed E-state index contributed by atoms with van der Waals surface area (Å²) in [4.78, 5) is 0. The number of nitrogens with one attached hydrogen (secondary N) is 1. The Bertz CT molecular complexity index is 415. The van der Waals surface area contributed by atoms with Gasteiger partial charge in [-0.15, -0.1) is 0 Å². The highest BCUT2D eigenvalue weighted by atomic mass is 19.1. The minimum absolute atomic E-state index is 0.117. The average Bonchev–Trinajstić information content (AvgIpc) is 2.41. The highest BCUT2D eigenvalue weighted by molar-refractivity contribution is 5.19. The van der Waals surface area contributed by atoms with Crippen molar-refractivity contribution in [2.45, 2.75) is 44.6 Å². The van der Waals surface area contributed by atoms with Crippen LogP contribution in [0.1, 0.15) is 37.7 Å². The van der Waals surface area contributed by atoms with Crippen LogP contribution in [0.15, 0.2) is 35.9 Å². The lowest BCUT2D eigenvalue weighted by Crippen LogP contribution is -2.37. The van der Waals surface area contributed by atoms with Crippen LogP contribution in [0.25, 0.3) is 0 Å². The lowest BCUT2D eigenvalue weighted by Gasteiger charge is -2.20. The second-order valence-electron chi connectivity index (χ2n) is 4.97. The molecular formula is C15H21FN2.